The fourth-order valence-electron chi connectivity index (χ4n) is 5.84. The highest BCUT2D eigenvalue weighted by Crippen LogP contribution is 2.16. The number of ether oxygens (including phenoxy) is 3. The Bertz CT molecular complexity index is 549. The molecule has 0 spiro atoms. The molecule has 1 aliphatic heterocycles. The number of rotatable bonds is 32. The molecule has 0 aromatic rings. The summed E-state index contributed by atoms with van der Waals surface area (Å²) in [6, 6.07) is 0. The first-order valence-corrected chi connectivity index (χ1v) is 18.6. The number of amides is 1. The largest absolute Gasteiger partial charge is 0.343 e. The fraction of sp³-hybridized carbons (Fsp3) is 0.972. The fourth-order valence-corrected chi connectivity index (χ4v) is 5.84. The second-order valence-corrected chi connectivity index (χ2v) is 12.7. The summed E-state index contributed by atoms with van der Waals surface area (Å²) < 4.78 is 16.6. The molecule has 6 heteroatoms. The van der Waals surface area contributed by atoms with E-state index < -0.39 is 6.48 Å². The van der Waals surface area contributed by atoms with Crippen LogP contribution in [0.5, 0.6) is 0 Å². The van der Waals surface area contributed by atoms with Gasteiger partial charge in [0.25, 0.3) is 6.48 Å². The molecule has 0 radical (unpaired) electrons. The van der Waals surface area contributed by atoms with Gasteiger partial charge in [0.1, 0.15) is 0 Å². The van der Waals surface area contributed by atoms with Gasteiger partial charge in [-0.1, -0.05) is 155 Å². The van der Waals surface area contributed by atoms with E-state index in [4.69, 9.17) is 19.9 Å². The minimum atomic E-state index is -0.633. The Labute approximate surface area is 261 Å². The molecular formula is C36H72N2O4. The standard InChI is InChI=1S/C36H72N2O4/c1-3-5-7-9-11-13-15-17-19-21-23-25-29-38(30-26-24-22-20-18-16-14-12-10-8-6-4-2)35(39)28-27-31-40-36-41-33-34(32-37)42-36/h34,36H,3-33,37H2,1-2H3. The molecule has 1 amide bonds. The minimum absolute atomic E-state index is 0.0850. The van der Waals surface area contributed by atoms with Gasteiger partial charge in [0.15, 0.2) is 0 Å². The quantitative estimate of drug-likeness (QED) is 0.0783. The van der Waals surface area contributed by atoms with E-state index in [1.54, 1.807) is 0 Å². The van der Waals surface area contributed by atoms with Crippen LogP contribution >= 0.6 is 0 Å². The second-order valence-electron chi connectivity index (χ2n) is 12.7. The number of carbonyl (C=O) groups is 1. The molecule has 0 aliphatic carbocycles. The van der Waals surface area contributed by atoms with Crippen molar-refractivity contribution in [3.63, 3.8) is 0 Å². The second kappa shape index (κ2) is 30.3. The van der Waals surface area contributed by atoms with Crippen molar-refractivity contribution in [3.8, 4) is 0 Å². The van der Waals surface area contributed by atoms with Crippen LogP contribution in [0.3, 0.4) is 0 Å². The van der Waals surface area contributed by atoms with Crippen LogP contribution in [0.15, 0.2) is 0 Å². The number of hydrogen-bond acceptors (Lipinski definition) is 5. The van der Waals surface area contributed by atoms with Crippen molar-refractivity contribution in [2.45, 2.75) is 193 Å². The highest BCUT2D eigenvalue weighted by molar-refractivity contribution is 5.76. The summed E-state index contributed by atoms with van der Waals surface area (Å²) in [5.74, 6) is 0.276. The van der Waals surface area contributed by atoms with Gasteiger partial charge >= 0.3 is 0 Å². The molecule has 42 heavy (non-hydrogen) atoms. The number of nitrogens with zero attached hydrogens (tertiary/aromatic N) is 1. The Hall–Kier alpha value is -0.690. The lowest BCUT2D eigenvalue weighted by atomic mass is 10.0. The highest BCUT2D eigenvalue weighted by atomic mass is 16.9. The smallest absolute Gasteiger partial charge is 0.272 e. The van der Waals surface area contributed by atoms with Gasteiger partial charge in [-0.2, -0.15) is 0 Å². The molecule has 1 rings (SSSR count). The molecule has 2 atom stereocenters. The average Bonchev–Trinajstić information content (AvgIpc) is 3.47. The van der Waals surface area contributed by atoms with E-state index in [1.807, 2.05) is 0 Å². The first-order valence-electron chi connectivity index (χ1n) is 18.6. The topological polar surface area (TPSA) is 74.0 Å². The van der Waals surface area contributed by atoms with Crippen LogP contribution in [0.1, 0.15) is 181 Å². The van der Waals surface area contributed by atoms with Gasteiger partial charge in [-0.3, -0.25) is 4.79 Å². The molecule has 1 saturated heterocycles. The van der Waals surface area contributed by atoms with Crippen LogP contribution < -0.4 is 5.73 Å². The average molecular weight is 597 g/mol. The predicted molar refractivity (Wildman–Crippen MR) is 178 cm³/mol. The Balaban J connectivity index is 2.18. The van der Waals surface area contributed by atoms with Crippen LogP contribution in [0.4, 0.5) is 0 Å². The zero-order valence-electron chi connectivity index (χ0n) is 28.2. The first-order chi connectivity index (χ1) is 20.7. The lowest BCUT2D eigenvalue weighted by Crippen LogP contribution is -2.33. The third-order valence-corrected chi connectivity index (χ3v) is 8.69. The van der Waals surface area contributed by atoms with Crippen molar-refractivity contribution in [1.29, 1.82) is 0 Å². The van der Waals surface area contributed by atoms with Crippen LogP contribution in [-0.4, -0.2) is 56.2 Å². The minimum Gasteiger partial charge on any atom is -0.343 e. The Morgan fingerprint density at radius 2 is 1.05 bits per heavy atom. The molecule has 0 saturated carbocycles. The summed E-state index contributed by atoms with van der Waals surface area (Å²) in [5, 5.41) is 0. The Kier molecular flexibility index (Phi) is 28.4. The summed E-state index contributed by atoms with van der Waals surface area (Å²) in [6.45, 7) is 7.13. The third-order valence-electron chi connectivity index (χ3n) is 8.69. The lowest BCUT2D eigenvalue weighted by molar-refractivity contribution is -0.236. The van der Waals surface area contributed by atoms with Gasteiger partial charge in [-0.25, -0.2) is 0 Å². The van der Waals surface area contributed by atoms with Crippen LogP contribution in [0.2, 0.25) is 0 Å². The SMILES string of the molecule is CCCCCCCCCCCCCCN(CCCCCCCCCCCCCC)C(=O)CCCOC1OCC(CN)O1. The van der Waals surface area contributed by atoms with Gasteiger partial charge in [0.2, 0.25) is 5.91 Å². The number of carbonyl (C=O) groups excluding carboxylic acids is 1. The van der Waals surface area contributed by atoms with E-state index in [0.29, 0.717) is 32.6 Å². The molecule has 0 aromatic heterocycles. The molecule has 1 fully saturated rings. The molecule has 6 nitrogen and oxygen atoms in total. The van der Waals surface area contributed by atoms with Crippen molar-refractivity contribution in [1.82, 2.24) is 4.90 Å². The van der Waals surface area contributed by atoms with Crippen molar-refractivity contribution in [2.75, 3.05) is 32.8 Å². The Morgan fingerprint density at radius 1 is 0.643 bits per heavy atom. The monoisotopic (exact) mass is 597 g/mol. The van der Waals surface area contributed by atoms with E-state index in [9.17, 15) is 4.79 Å². The summed E-state index contributed by atoms with van der Waals surface area (Å²) in [5.41, 5.74) is 5.62. The zero-order chi connectivity index (χ0) is 30.4. The van der Waals surface area contributed by atoms with Crippen LogP contribution in [0.25, 0.3) is 0 Å². The van der Waals surface area contributed by atoms with Crippen molar-refractivity contribution in [3.05, 3.63) is 0 Å². The molecule has 250 valence electrons. The van der Waals surface area contributed by atoms with Gasteiger partial charge < -0.3 is 24.8 Å². The number of nitrogens with two attached hydrogens (primary N) is 1. The van der Waals surface area contributed by atoms with E-state index in [0.717, 1.165) is 25.9 Å². The summed E-state index contributed by atoms with van der Waals surface area (Å²) in [7, 11) is 0. The molecular weight excluding hydrogens is 524 g/mol. The highest BCUT2D eigenvalue weighted by Gasteiger charge is 2.25. The van der Waals surface area contributed by atoms with E-state index in [2.05, 4.69) is 18.7 Å². The Morgan fingerprint density at radius 3 is 1.43 bits per heavy atom. The molecule has 1 aliphatic rings. The van der Waals surface area contributed by atoms with Gasteiger partial charge in [0, 0.05) is 26.1 Å². The number of hydrogen-bond donors (Lipinski definition) is 1. The third kappa shape index (κ3) is 23.7. The van der Waals surface area contributed by atoms with Crippen LogP contribution in [-0.2, 0) is 19.0 Å². The molecule has 2 N–H and O–H groups in total. The van der Waals surface area contributed by atoms with Crippen molar-refractivity contribution in [2.24, 2.45) is 5.73 Å². The van der Waals surface area contributed by atoms with Gasteiger partial charge in [-0.05, 0) is 19.3 Å². The molecule has 0 aromatic carbocycles. The zero-order valence-corrected chi connectivity index (χ0v) is 28.2. The van der Waals surface area contributed by atoms with Crippen LogP contribution in [0, 0.1) is 0 Å². The van der Waals surface area contributed by atoms with Crippen molar-refractivity contribution >= 4 is 5.91 Å². The van der Waals surface area contributed by atoms with E-state index in [-0.39, 0.29) is 12.0 Å². The van der Waals surface area contributed by atoms with Gasteiger partial charge in [0.05, 0.1) is 19.3 Å². The normalized spacial score (nSPS) is 16.8. The van der Waals surface area contributed by atoms with E-state index in [1.165, 1.54) is 141 Å². The molecule has 1 heterocycles. The molecule has 0 bridgehead atoms. The summed E-state index contributed by atoms with van der Waals surface area (Å²) in [4.78, 5) is 15.2. The van der Waals surface area contributed by atoms with Crippen molar-refractivity contribution < 1.29 is 19.0 Å². The van der Waals surface area contributed by atoms with Gasteiger partial charge in [-0.15, -0.1) is 0 Å². The maximum Gasteiger partial charge on any atom is 0.272 e. The first kappa shape index (κ1) is 39.3. The van der Waals surface area contributed by atoms with E-state index >= 15 is 0 Å². The molecule has 2 unspecified atom stereocenters. The summed E-state index contributed by atoms with van der Waals surface area (Å²) >= 11 is 0. The predicted octanol–water partition coefficient (Wildman–Crippen LogP) is 9.67. The maximum atomic E-state index is 13.1. The summed E-state index contributed by atoms with van der Waals surface area (Å²) in [6.07, 6.45) is 33.4. The lowest BCUT2D eigenvalue weighted by Gasteiger charge is -2.23. The maximum absolute atomic E-state index is 13.1. The number of unbranched alkanes of at least 4 members (excludes halogenated alkanes) is 22.